The van der Waals surface area contributed by atoms with Gasteiger partial charge in [0.05, 0.1) is 12.7 Å². The molecule has 1 aliphatic heterocycles. The van der Waals surface area contributed by atoms with Gasteiger partial charge in [-0.25, -0.2) is 4.79 Å². The quantitative estimate of drug-likeness (QED) is 0.930. The van der Waals surface area contributed by atoms with Gasteiger partial charge in [0.2, 0.25) is 0 Å². The lowest BCUT2D eigenvalue weighted by Gasteiger charge is -2.29. The fourth-order valence-electron chi connectivity index (χ4n) is 3.18. The van der Waals surface area contributed by atoms with Gasteiger partial charge in [-0.1, -0.05) is 30.3 Å². The predicted octanol–water partition coefficient (Wildman–Crippen LogP) is 3.91. The monoisotopic (exact) mass is 324 g/mol. The van der Waals surface area contributed by atoms with Crippen molar-refractivity contribution in [3.8, 4) is 0 Å². The van der Waals surface area contributed by atoms with Crippen molar-refractivity contribution in [3.05, 3.63) is 64.7 Å². The molecular weight excluding hydrogens is 300 g/mol. The third-order valence-corrected chi connectivity index (χ3v) is 4.34. The Morgan fingerprint density at radius 2 is 1.83 bits per heavy atom. The van der Waals surface area contributed by atoms with Crippen LogP contribution in [0.2, 0.25) is 0 Å². The summed E-state index contributed by atoms with van der Waals surface area (Å²) in [5, 5.41) is 2.96. The Morgan fingerprint density at radius 3 is 2.54 bits per heavy atom. The normalized spacial score (nSPS) is 16.4. The Hall–Kier alpha value is -2.33. The highest BCUT2D eigenvalue weighted by Crippen LogP contribution is 2.21. The lowest BCUT2D eigenvalue weighted by molar-refractivity contribution is 0.0159. The van der Waals surface area contributed by atoms with Crippen LogP contribution >= 0.6 is 0 Å². The van der Waals surface area contributed by atoms with Crippen molar-refractivity contribution in [1.29, 1.82) is 0 Å². The minimum absolute atomic E-state index is 0.0369. The van der Waals surface area contributed by atoms with Gasteiger partial charge in [-0.3, -0.25) is 0 Å². The second-order valence-electron chi connectivity index (χ2n) is 6.59. The molecule has 1 unspecified atom stereocenters. The molecule has 1 heterocycles. The highest BCUT2D eigenvalue weighted by atomic mass is 16.5. The average Bonchev–Trinajstić information content (AvgIpc) is 2.53. The Bertz CT molecular complexity index is 722. The van der Waals surface area contributed by atoms with E-state index in [1.54, 1.807) is 4.90 Å². The van der Waals surface area contributed by atoms with E-state index in [0.29, 0.717) is 13.2 Å². The molecule has 1 atom stereocenters. The average molecular weight is 324 g/mol. The highest BCUT2D eigenvalue weighted by molar-refractivity contribution is 5.89. The number of benzene rings is 2. The molecule has 1 N–H and O–H groups in total. The molecule has 2 aromatic rings. The Kier molecular flexibility index (Phi) is 4.86. The Balaban J connectivity index is 1.59. The van der Waals surface area contributed by atoms with E-state index in [2.05, 4.69) is 29.6 Å². The summed E-state index contributed by atoms with van der Waals surface area (Å²) in [6, 6.07) is 14.3. The molecule has 126 valence electrons. The van der Waals surface area contributed by atoms with Gasteiger partial charge in [0.1, 0.15) is 0 Å². The van der Waals surface area contributed by atoms with Gasteiger partial charge >= 0.3 is 6.03 Å². The Labute approximate surface area is 143 Å². The number of hydrogen-bond acceptors (Lipinski definition) is 2. The van der Waals surface area contributed by atoms with Crippen LogP contribution in [0.4, 0.5) is 10.5 Å². The number of ether oxygens (including phenoxy) is 1. The zero-order valence-electron chi connectivity index (χ0n) is 14.5. The van der Waals surface area contributed by atoms with Crippen LogP contribution in [0.25, 0.3) is 0 Å². The number of nitrogens with one attached hydrogen (secondary N) is 1. The molecule has 3 rings (SSSR count). The van der Waals surface area contributed by atoms with Crippen LogP contribution in [-0.4, -0.2) is 30.6 Å². The molecule has 0 spiro atoms. The van der Waals surface area contributed by atoms with Crippen LogP contribution in [0.3, 0.4) is 0 Å². The first kappa shape index (κ1) is 16.5. The first-order chi connectivity index (χ1) is 11.5. The molecular formula is C20H24N2O2. The molecule has 2 amide bonds. The number of carbonyl (C=O) groups is 1. The van der Waals surface area contributed by atoms with E-state index in [4.69, 9.17) is 4.74 Å². The van der Waals surface area contributed by atoms with Gasteiger partial charge in [0, 0.05) is 25.7 Å². The largest absolute Gasteiger partial charge is 0.371 e. The summed E-state index contributed by atoms with van der Waals surface area (Å²) in [6.07, 6.45) is 0.882. The van der Waals surface area contributed by atoms with Crippen LogP contribution in [0, 0.1) is 13.8 Å². The van der Waals surface area contributed by atoms with Crippen LogP contribution in [0.5, 0.6) is 0 Å². The van der Waals surface area contributed by atoms with E-state index in [1.165, 1.54) is 11.1 Å². The number of urea groups is 1. The zero-order chi connectivity index (χ0) is 17.1. The van der Waals surface area contributed by atoms with E-state index >= 15 is 0 Å². The van der Waals surface area contributed by atoms with Crippen LogP contribution < -0.4 is 5.32 Å². The third kappa shape index (κ3) is 3.95. The smallest absolute Gasteiger partial charge is 0.321 e. The molecule has 0 aromatic heterocycles. The van der Waals surface area contributed by atoms with E-state index in [1.807, 2.05) is 39.1 Å². The minimum Gasteiger partial charge on any atom is -0.371 e. The van der Waals surface area contributed by atoms with Gasteiger partial charge in [-0.05, 0) is 48.2 Å². The van der Waals surface area contributed by atoms with Gasteiger partial charge < -0.3 is 15.0 Å². The number of likely N-dealkylation sites (N-methyl/N-ethyl adjacent to an activating group) is 1. The van der Waals surface area contributed by atoms with Crippen molar-refractivity contribution in [2.24, 2.45) is 0 Å². The summed E-state index contributed by atoms with van der Waals surface area (Å²) in [4.78, 5) is 14.1. The van der Waals surface area contributed by atoms with Crippen molar-refractivity contribution >= 4 is 11.7 Å². The van der Waals surface area contributed by atoms with E-state index < -0.39 is 0 Å². The SMILES string of the molecule is Cc1cc(C)cc(NC(=O)N(C)CC2Cc3ccccc3CO2)c1. The summed E-state index contributed by atoms with van der Waals surface area (Å²) in [7, 11) is 1.81. The molecule has 0 saturated heterocycles. The number of anilines is 1. The van der Waals surface area contributed by atoms with Gasteiger partial charge in [-0.2, -0.15) is 0 Å². The van der Waals surface area contributed by atoms with Crippen molar-refractivity contribution in [3.63, 3.8) is 0 Å². The summed E-state index contributed by atoms with van der Waals surface area (Å²) in [5.41, 5.74) is 5.67. The predicted molar refractivity (Wildman–Crippen MR) is 96.3 cm³/mol. The fourth-order valence-corrected chi connectivity index (χ4v) is 3.18. The highest BCUT2D eigenvalue weighted by Gasteiger charge is 2.22. The van der Waals surface area contributed by atoms with Crippen LogP contribution in [0.1, 0.15) is 22.3 Å². The maximum atomic E-state index is 12.4. The van der Waals surface area contributed by atoms with E-state index in [-0.39, 0.29) is 12.1 Å². The standard InChI is InChI=1S/C20H24N2O2/c1-14-8-15(2)10-18(9-14)21-20(23)22(3)12-19-11-16-6-4-5-7-17(16)13-24-19/h4-10,19H,11-13H2,1-3H3,(H,21,23). The number of nitrogens with zero attached hydrogens (tertiary/aromatic N) is 1. The lowest BCUT2D eigenvalue weighted by Crippen LogP contribution is -2.40. The second kappa shape index (κ2) is 7.05. The van der Waals surface area contributed by atoms with Gasteiger partial charge in [0.15, 0.2) is 0 Å². The number of aryl methyl sites for hydroxylation is 2. The van der Waals surface area contributed by atoms with Crippen molar-refractivity contribution in [2.45, 2.75) is 33.0 Å². The first-order valence-corrected chi connectivity index (χ1v) is 8.30. The van der Waals surface area contributed by atoms with Crippen LogP contribution in [-0.2, 0) is 17.8 Å². The van der Waals surface area contributed by atoms with Crippen molar-refractivity contribution < 1.29 is 9.53 Å². The molecule has 2 aromatic carbocycles. The summed E-state index contributed by atoms with van der Waals surface area (Å²) in [6.45, 7) is 5.25. The van der Waals surface area contributed by atoms with Crippen molar-refractivity contribution in [1.82, 2.24) is 4.90 Å². The van der Waals surface area contributed by atoms with Gasteiger partial charge in [0.25, 0.3) is 0 Å². The molecule has 24 heavy (non-hydrogen) atoms. The topological polar surface area (TPSA) is 41.6 Å². The summed E-state index contributed by atoms with van der Waals surface area (Å²) >= 11 is 0. The molecule has 0 radical (unpaired) electrons. The number of amides is 2. The fraction of sp³-hybridized carbons (Fsp3) is 0.350. The molecule has 4 heteroatoms. The van der Waals surface area contributed by atoms with Crippen LogP contribution in [0.15, 0.2) is 42.5 Å². The molecule has 0 saturated carbocycles. The summed E-state index contributed by atoms with van der Waals surface area (Å²) in [5.74, 6) is 0. The Morgan fingerprint density at radius 1 is 1.17 bits per heavy atom. The first-order valence-electron chi connectivity index (χ1n) is 8.30. The lowest BCUT2D eigenvalue weighted by atomic mass is 9.99. The second-order valence-corrected chi connectivity index (χ2v) is 6.59. The minimum atomic E-state index is -0.109. The van der Waals surface area contributed by atoms with Gasteiger partial charge in [-0.15, -0.1) is 0 Å². The number of hydrogen-bond donors (Lipinski definition) is 1. The maximum Gasteiger partial charge on any atom is 0.321 e. The zero-order valence-corrected chi connectivity index (χ0v) is 14.5. The number of rotatable bonds is 3. The number of carbonyl (C=O) groups excluding carboxylic acids is 1. The molecule has 0 bridgehead atoms. The summed E-state index contributed by atoms with van der Waals surface area (Å²) < 4.78 is 5.89. The molecule has 0 aliphatic carbocycles. The third-order valence-electron chi connectivity index (χ3n) is 4.34. The maximum absolute atomic E-state index is 12.4. The van der Waals surface area contributed by atoms with E-state index in [0.717, 1.165) is 23.2 Å². The molecule has 4 nitrogen and oxygen atoms in total. The van der Waals surface area contributed by atoms with E-state index in [9.17, 15) is 4.79 Å². The number of fused-ring (bicyclic) bond motifs is 1. The molecule has 0 fully saturated rings. The molecule has 1 aliphatic rings. The van der Waals surface area contributed by atoms with Crippen molar-refractivity contribution in [2.75, 3.05) is 18.9 Å².